The zero-order chi connectivity index (χ0) is 23.4. The summed E-state index contributed by atoms with van der Waals surface area (Å²) in [6, 6.07) is 9.55. The van der Waals surface area contributed by atoms with Crippen molar-refractivity contribution < 1.29 is 8.42 Å². The zero-order valence-corrected chi connectivity index (χ0v) is 20.4. The molecule has 176 valence electrons. The Bertz CT molecular complexity index is 1280. The molecule has 2 aromatic heterocycles. The van der Waals surface area contributed by atoms with Crippen LogP contribution in [0.3, 0.4) is 0 Å². The van der Waals surface area contributed by atoms with E-state index >= 15 is 0 Å². The number of sulfone groups is 1. The van der Waals surface area contributed by atoms with Gasteiger partial charge in [0.1, 0.15) is 9.84 Å². The first-order chi connectivity index (χ1) is 15.9. The van der Waals surface area contributed by atoms with Crippen molar-refractivity contribution in [3.8, 4) is 0 Å². The number of benzene rings is 1. The molecule has 7 nitrogen and oxygen atoms in total. The SMILES string of the molecule is CCS(=O)(=O)CCCN1CCC[C@@H]1Cn1nc(Cc2ccc(Cl)cc2)c2cnccc2c1=O. The lowest BCUT2D eigenvalue weighted by Gasteiger charge is -2.25. The van der Waals surface area contributed by atoms with Gasteiger partial charge in [0.25, 0.3) is 5.56 Å². The Balaban J connectivity index is 1.57. The fraction of sp³-hybridized carbons (Fsp3) is 0.458. The van der Waals surface area contributed by atoms with Crippen LogP contribution in [-0.2, 0) is 22.8 Å². The predicted octanol–water partition coefficient (Wildman–Crippen LogP) is 3.32. The lowest BCUT2D eigenvalue weighted by atomic mass is 10.1. The first kappa shape index (κ1) is 23.9. The molecule has 0 amide bonds. The Kier molecular flexibility index (Phi) is 7.46. The van der Waals surface area contributed by atoms with E-state index in [0.29, 0.717) is 36.3 Å². The maximum atomic E-state index is 13.2. The molecule has 1 aliphatic heterocycles. The molecule has 1 aliphatic rings. The van der Waals surface area contributed by atoms with Crippen molar-refractivity contribution >= 4 is 32.2 Å². The van der Waals surface area contributed by atoms with Crippen molar-refractivity contribution in [1.82, 2.24) is 19.7 Å². The summed E-state index contributed by atoms with van der Waals surface area (Å²) in [4.78, 5) is 19.7. The van der Waals surface area contributed by atoms with E-state index in [2.05, 4.69) is 9.88 Å². The number of halogens is 1. The van der Waals surface area contributed by atoms with Gasteiger partial charge in [0, 0.05) is 41.0 Å². The molecule has 0 bridgehead atoms. The normalized spacial score (nSPS) is 17.1. The third-order valence-corrected chi connectivity index (χ3v) is 8.39. The van der Waals surface area contributed by atoms with E-state index in [-0.39, 0.29) is 23.1 Å². The van der Waals surface area contributed by atoms with Gasteiger partial charge in [-0.15, -0.1) is 0 Å². The number of rotatable bonds is 9. The third-order valence-electron chi connectivity index (χ3n) is 6.35. The van der Waals surface area contributed by atoms with Gasteiger partial charge in [-0.3, -0.25) is 14.7 Å². The molecule has 0 unspecified atom stereocenters. The third kappa shape index (κ3) is 5.80. The van der Waals surface area contributed by atoms with E-state index in [0.717, 1.165) is 36.0 Å². The minimum Gasteiger partial charge on any atom is -0.299 e. The average molecular weight is 489 g/mol. The first-order valence-electron chi connectivity index (χ1n) is 11.4. The summed E-state index contributed by atoms with van der Waals surface area (Å²) in [6.45, 7) is 3.81. The van der Waals surface area contributed by atoms with Gasteiger partial charge in [-0.2, -0.15) is 5.10 Å². The summed E-state index contributed by atoms with van der Waals surface area (Å²) in [5.41, 5.74) is 1.74. The highest BCUT2D eigenvalue weighted by Crippen LogP contribution is 2.21. The van der Waals surface area contributed by atoms with Crippen LogP contribution in [0.25, 0.3) is 10.8 Å². The summed E-state index contributed by atoms with van der Waals surface area (Å²) in [6.07, 6.45) is 6.53. The zero-order valence-electron chi connectivity index (χ0n) is 18.8. The Morgan fingerprint density at radius 2 is 1.94 bits per heavy atom. The summed E-state index contributed by atoms with van der Waals surface area (Å²) in [5, 5.41) is 6.81. The molecule has 33 heavy (non-hydrogen) atoms. The highest BCUT2D eigenvalue weighted by Gasteiger charge is 2.26. The second-order valence-corrected chi connectivity index (χ2v) is 11.5. The van der Waals surface area contributed by atoms with Crippen LogP contribution < -0.4 is 5.56 Å². The number of fused-ring (bicyclic) bond motifs is 1. The monoisotopic (exact) mass is 488 g/mol. The van der Waals surface area contributed by atoms with Gasteiger partial charge in [-0.05, 0) is 56.1 Å². The standard InChI is InChI=1S/C24H29ClN4O3S/c1-2-33(31,32)14-4-13-28-12-3-5-20(28)17-29-24(30)21-10-11-26-16-22(21)23(27-29)15-18-6-8-19(25)9-7-18/h6-11,16,20H,2-5,12-15,17H2,1H3/t20-/m1/s1. The topological polar surface area (TPSA) is 85.2 Å². The Morgan fingerprint density at radius 3 is 2.70 bits per heavy atom. The molecule has 0 N–H and O–H groups in total. The van der Waals surface area contributed by atoms with Crippen molar-refractivity contribution in [3.63, 3.8) is 0 Å². The molecule has 3 heterocycles. The minimum absolute atomic E-state index is 0.118. The van der Waals surface area contributed by atoms with Gasteiger partial charge in [0.05, 0.1) is 23.4 Å². The van der Waals surface area contributed by atoms with E-state index in [4.69, 9.17) is 16.7 Å². The Labute approximate surface area is 199 Å². The predicted molar refractivity (Wildman–Crippen MR) is 132 cm³/mol. The molecule has 4 rings (SSSR count). The highest BCUT2D eigenvalue weighted by molar-refractivity contribution is 7.91. The van der Waals surface area contributed by atoms with E-state index in [1.807, 2.05) is 24.3 Å². The maximum absolute atomic E-state index is 13.2. The number of aromatic nitrogens is 3. The van der Waals surface area contributed by atoms with Crippen molar-refractivity contribution in [2.24, 2.45) is 0 Å². The largest absolute Gasteiger partial charge is 0.299 e. The number of nitrogens with zero attached hydrogens (tertiary/aromatic N) is 4. The van der Waals surface area contributed by atoms with E-state index in [9.17, 15) is 13.2 Å². The molecule has 3 aromatic rings. The van der Waals surface area contributed by atoms with Crippen LogP contribution in [0.15, 0.2) is 47.5 Å². The molecule has 0 saturated carbocycles. The number of hydrogen-bond acceptors (Lipinski definition) is 6. The number of pyridine rings is 1. The van der Waals surface area contributed by atoms with Gasteiger partial charge in [0.15, 0.2) is 0 Å². The molecule has 1 atom stereocenters. The van der Waals surface area contributed by atoms with Crippen LogP contribution in [0, 0.1) is 0 Å². The molecule has 0 spiro atoms. The Hall–Kier alpha value is -2.29. The van der Waals surface area contributed by atoms with Crippen LogP contribution in [0.4, 0.5) is 0 Å². The van der Waals surface area contributed by atoms with Crippen molar-refractivity contribution in [3.05, 3.63) is 69.4 Å². The van der Waals surface area contributed by atoms with Crippen molar-refractivity contribution in [1.29, 1.82) is 0 Å². The molecule has 1 saturated heterocycles. The van der Waals surface area contributed by atoms with Crippen LogP contribution in [0.5, 0.6) is 0 Å². The average Bonchev–Trinajstić information content (AvgIpc) is 3.25. The van der Waals surface area contributed by atoms with Gasteiger partial charge < -0.3 is 0 Å². The second kappa shape index (κ2) is 10.3. The molecule has 9 heteroatoms. The van der Waals surface area contributed by atoms with Gasteiger partial charge in [0.2, 0.25) is 0 Å². The van der Waals surface area contributed by atoms with Crippen molar-refractivity contribution in [2.75, 3.05) is 24.6 Å². The van der Waals surface area contributed by atoms with Crippen molar-refractivity contribution in [2.45, 2.75) is 45.2 Å². The first-order valence-corrected chi connectivity index (χ1v) is 13.6. The molecular weight excluding hydrogens is 460 g/mol. The van der Waals surface area contributed by atoms with Crippen LogP contribution >= 0.6 is 11.6 Å². The number of likely N-dealkylation sites (tertiary alicyclic amines) is 1. The fourth-order valence-corrected chi connectivity index (χ4v) is 5.46. The lowest BCUT2D eigenvalue weighted by molar-refractivity contribution is 0.225. The van der Waals surface area contributed by atoms with Crippen LogP contribution in [0.2, 0.25) is 5.02 Å². The van der Waals surface area contributed by atoms with Crippen LogP contribution in [-0.4, -0.2) is 58.7 Å². The molecule has 0 aliphatic carbocycles. The summed E-state index contributed by atoms with van der Waals surface area (Å²) in [5.74, 6) is 0.386. The van der Waals surface area contributed by atoms with E-state index < -0.39 is 9.84 Å². The van der Waals surface area contributed by atoms with Gasteiger partial charge >= 0.3 is 0 Å². The van der Waals surface area contributed by atoms with E-state index in [1.54, 1.807) is 30.1 Å². The highest BCUT2D eigenvalue weighted by atomic mass is 35.5. The number of hydrogen-bond donors (Lipinski definition) is 0. The van der Waals surface area contributed by atoms with Gasteiger partial charge in [-0.25, -0.2) is 13.1 Å². The maximum Gasteiger partial charge on any atom is 0.274 e. The molecular formula is C24H29ClN4O3S. The molecule has 1 fully saturated rings. The fourth-order valence-electron chi connectivity index (χ4n) is 4.47. The quantitative estimate of drug-likeness (QED) is 0.459. The summed E-state index contributed by atoms with van der Waals surface area (Å²) in [7, 11) is -2.97. The van der Waals surface area contributed by atoms with Crippen LogP contribution in [0.1, 0.15) is 37.4 Å². The molecule has 1 aromatic carbocycles. The van der Waals surface area contributed by atoms with Gasteiger partial charge in [-0.1, -0.05) is 30.7 Å². The Morgan fingerprint density at radius 1 is 1.15 bits per heavy atom. The lowest BCUT2D eigenvalue weighted by Crippen LogP contribution is -2.38. The van der Waals surface area contributed by atoms with E-state index in [1.165, 1.54) is 0 Å². The smallest absolute Gasteiger partial charge is 0.274 e. The minimum atomic E-state index is -2.97. The second-order valence-electron chi connectivity index (χ2n) is 8.58. The summed E-state index contributed by atoms with van der Waals surface area (Å²) < 4.78 is 25.3. The summed E-state index contributed by atoms with van der Waals surface area (Å²) >= 11 is 6.02. The molecule has 0 radical (unpaired) electrons.